The topological polar surface area (TPSA) is 89.4 Å². The second-order valence-corrected chi connectivity index (χ2v) is 1.84. The summed E-state index contributed by atoms with van der Waals surface area (Å²) in [5, 5.41) is 0. The van der Waals surface area contributed by atoms with Crippen LogP contribution in [0.25, 0.3) is 0 Å². The van der Waals surface area contributed by atoms with Crippen molar-refractivity contribution in [2.45, 2.75) is 0 Å². The summed E-state index contributed by atoms with van der Waals surface area (Å²) in [6.45, 7) is 3.29. The second-order valence-electron chi connectivity index (χ2n) is 1.84. The van der Waals surface area contributed by atoms with Crippen LogP contribution in [-0.2, 0) is 4.79 Å². The van der Waals surface area contributed by atoms with Crippen molar-refractivity contribution in [3.05, 3.63) is 12.7 Å². The van der Waals surface area contributed by atoms with Crippen LogP contribution in [-0.4, -0.2) is 30.9 Å². The smallest absolute Gasteiger partial charge is 0.309 e. The number of amides is 3. The van der Waals surface area contributed by atoms with E-state index in [0.29, 0.717) is 0 Å². The summed E-state index contributed by atoms with van der Waals surface area (Å²) in [4.78, 5) is 20.8. The van der Waals surface area contributed by atoms with Crippen molar-refractivity contribution in [2.24, 2.45) is 11.5 Å². The van der Waals surface area contributed by atoms with Crippen LogP contribution in [0.2, 0.25) is 0 Å². The van der Waals surface area contributed by atoms with E-state index in [9.17, 15) is 4.79 Å². The lowest BCUT2D eigenvalue weighted by Gasteiger charge is -2.03. The summed E-state index contributed by atoms with van der Waals surface area (Å²) in [7, 11) is 3.37. The molecule has 5 heteroatoms. The average molecular weight is 159 g/mol. The van der Waals surface area contributed by atoms with E-state index in [4.69, 9.17) is 4.79 Å². The van der Waals surface area contributed by atoms with Crippen LogP contribution in [0.3, 0.4) is 0 Å². The summed E-state index contributed by atoms with van der Waals surface area (Å²) in [5.41, 5.74) is 8.50. The molecule has 0 aromatic heterocycles. The van der Waals surface area contributed by atoms with Gasteiger partial charge in [0.05, 0.1) is 0 Å². The highest BCUT2D eigenvalue weighted by Crippen LogP contribution is 1.74. The van der Waals surface area contributed by atoms with Crippen molar-refractivity contribution < 1.29 is 9.59 Å². The molecule has 0 unspecified atom stereocenters. The quantitative estimate of drug-likeness (QED) is 0.494. The van der Waals surface area contributed by atoms with Gasteiger partial charge in [-0.25, -0.2) is 4.79 Å². The minimum Gasteiger partial charge on any atom is -0.352 e. The molecule has 0 spiro atoms. The summed E-state index contributed by atoms with van der Waals surface area (Å²) >= 11 is 0. The van der Waals surface area contributed by atoms with Crippen molar-refractivity contribution in [1.82, 2.24) is 4.90 Å². The van der Waals surface area contributed by atoms with Gasteiger partial charge in [0.2, 0.25) is 5.91 Å². The van der Waals surface area contributed by atoms with Gasteiger partial charge in [-0.2, -0.15) is 0 Å². The lowest BCUT2D eigenvalue weighted by atomic mass is 10.5. The van der Waals surface area contributed by atoms with Crippen molar-refractivity contribution in [3.8, 4) is 0 Å². The Balaban J connectivity index is 0. The molecule has 0 bridgehead atoms. The molecule has 0 heterocycles. The van der Waals surface area contributed by atoms with Gasteiger partial charge in [0.1, 0.15) is 0 Å². The van der Waals surface area contributed by atoms with Gasteiger partial charge in [0.15, 0.2) is 0 Å². The van der Waals surface area contributed by atoms with E-state index in [2.05, 4.69) is 18.0 Å². The van der Waals surface area contributed by atoms with Gasteiger partial charge in [-0.1, -0.05) is 6.58 Å². The van der Waals surface area contributed by atoms with E-state index in [1.165, 1.54) is 11.0 Å². The fourth-order valence-electron chi connectivity index (χ4n) is 0.183. The second kappa shape index (κ2) is 6.60. The number of primary amides is 2. The Morgan fingerprint density at radius 3 is 1.64 bits per heavy atom. The molecule has 0 radical (unpaired) electrons. The Hall–Kier alpha value is -1.52. The fraction of sp³-hybridized carbons (Fsp3) is 0.333. The van der Waals surface area contributed by atoms with Crippen LogP contribution in [0.1, 0.15) is 0 Å². The predicted molar refractivity (Wildman–Crippen MR) is 42.7 cm³/mol. The molecule has 0 atom stereocenters. The van der Waals surface area contributed by atoms with Crippen LogP contribution in [0.4, 0.5) is 4.79 Å². The van der Waals surface area contributed by atoms with E-state index in [1.807, 2.05) is 0 Å². The van der Waals surface area contributed by atoms with Crippen molar-refractivity contribution in [2.75, 3.05) is 14.1 Å². The molecule has 0 aliphatic rings. The number of hydrogen-bond donors (Lipinski definition) is 2. The number of nitrogens with two attached hydrogens (primary N) is 2. The Labute approximate surface area is 65.6 Å². The Morgan fingerprint density at radius 2 is 1.64 bits per heavy atom. The number of carbonyl (C=O) groups is 2. The molecule has 0 aliphatic carbocycles. The first-order valence-corrected chi connectivity index (χ1v) is 2.80. The third-order valence-electron chi connectivity index (χ3n) is 0.615. The molecule has 0 aromatic rings. The third kappa shape index (κ3) is 17.7. The highest BCUT2D eigenvalue weighted by Gasteiger charge is 1.91. The van der Waals surface area contributed by atoms with Crippen LogP contribution < -0.4 is 11.5 Å². The molecular weight excluding hydrogens is 146 g/mol. The predicted octanol–water partition coefficient (Wildman–Crippen LogP) is -0.716. The number of carbonyl (C=O) groups excluding carboxylic acids is 2. The molecule has 3 amide bonds. The molecule has 0 saturated heterocycles. The Kier molecular flexibility index (Phi) is 7.31. The van der Waals surface area contributed by atoms with Gasteiger partial charge in [-0.3, -0.25) is 4.79 Å². The van der Waals surface area contributed by atoms with Crippen LogP contribution in [0.5, 0.6) is 0 Å². The fourth-order valence-corrected chi connectivity index (χ4v) is 0.183. The number of likely N-dealkylation sites (N-methyl/N-ethyl adjacent to an activating group) is 1. The zero-order valence-corrected chi connectivity index (χ0v) is 6.70. The third-order valence-corrected chi connectivity index (χ3v) is 0.615. The van der Waals surface area contributed by atoms with Crippen LogP contribution in [0, 0.1) is 0 Å². The summed E-state index contributed by atoms with van der Waals surface area (Å²) in [6.07, 6.45) is 1.28. The van der Waals surface area contributed by atoms with E-state index in [1.54, 1.807) is 14.1 Å². The van der Waals surface area contributed by atoms with Gasteiger partial charge in [-0.15, -0.1) is 0 Å². The van der Waals surface area contributed by atoms with Crippen LogP contribution in [0.15, 0.2) is 12.7 Å². The first-order valence-electron chi connectivity index (χ1n) is 2.80. The summed E-state index contributed by atoms with van der Waals surface area (Å²) < 4.78 is 0. The van der Waals surface area contributed by atoms with E-state index in [-0.39, 0.29) is 5.91 Å². The van der Waals surface area contributed by atoms with Gasteiger partial charge in [-0.05, 0) is 6.08 Å². The summed E-state index contributed by atoms with van der Waals surface area (Å²) in [5.74, 6) is -0.0556. The zero-order chi connectivity index (χ0) is 9.44. The monoisotopic (exact) mass is 159 g/mol. The maximum Gasteiger partial charge on any atom is 0.309 e. The average Bonchev–Trinajstić information content (AvgIpc) is 1.85. The van der Waals surface area contributed by atoms with E-state index in [0.717, 1.165) is 0 Å². The molecule has 0 rings (SSSR count). The highest BCUT2D eigenvalue weighted by molar-refractivity contribution is 5.86. The number of rotatable bonds is 1. The number of urea groups is 1. The molecule has 0 aliphatic heterocycles. The Morgan fingerprint density at radius 1 is 1.36 bits per heavy atom. The van der Waals surface area contributed by atoms with Crippen molar-refractivity contribution in [1.29, 1.82) is 0 Å². The molecule has 0 saturated carbocycles. The molecule has 64 valence electrons. The molecule has 5 nitrogen and oxygen atoms in total. The summed E-state index contributed by atoms with van der Waals surface area (Å²) in [6, 6.07) is -0.833. The first-order chi connectivity index (χ1) is 4.91. The number of nitrogens with zero attached hydrogens (tertiary/aromatic N) is 1. The lowest BCUT2D eigenvalue weighted by Crippen LogP contribution is -2.18. The van der Waals surface area contributed by atoms with E-state index < -0.39 is 6.03 Å². The minimum absolute atomic E-state index is 0.0556. The first kappa shape index (κ1) is 12.2. The molecular formula is C6H13N3O2. The van der Waals surface area contributed by atoms with Crippen LogP contribution >= 0.6 is 0 Å². The molecule has 0 aromatic carbocycles. The highest BCUT2D eigenvalue weighted by atomic mass is 16.2. The van der Waals surface area contributed by atoms with Gasteiger partial charge < -0.3 is 16.4 Å². The number of hydrogen-bond acceptors (Lipinski definition) is 2. The molecule has 4 N–H and O–H groups in total. The minimum atomic E-state index is -0.833. The van der Waals surface area contributed by atoms with E-state index >= 15 is 0 Å². The van der Waals surface area contributed by atoms with Gasteiger partial charge in [0, 0.05) is 14.1 Å². The Bertz CT molecular complexity index is 150. The van der Waals surface area contributed by atoms with Gasteiger partial charge in [0.25, 0.3) is 0 Å². The standard InChI is InChI=1S/C5H9NO.CH4N2O/c1-4-5(7)6(2)3;2-1(3)4/h4H,1H2,2-3H3;(H4,2,3,4). The van der Waals surface area contributed by atoms with Gasteiger partial charge >= 0.3 is 6.03 Å². The zero-order valence-electron chi connectivity index (χ0n) is 6.70. The van der Waals surface area contributed by atoms with Crippen molar-refractivity contribution >= 4 is 11.9 Å². The largest absolute Gasteiger partial charge is 0.352 e. The SMILES string of the molecule is C=CC(=O)N(C)C.NC(N)=O. The molecule has 0 fully saturated rings. The maximum absolute atomic E-state index is 10.3. The molecule has 11 heavy (non-hydrogen) atoms. The lowest BCUT2D eigenvalue weighted by molar-refractivity contribution is -0.123. The maximum atomic E-state index is 10.3. The van der Waals surface area contributed by atoms with Crippen molar-refractivity contribution in [3.63, 3.8) is 0 Å². The normalized spacial score (nSPS) is 7.09.